The molecule has 0 radical (unpaired) electrons. The highest BCUT2D eigenvalue weighted by Crippen LogP contribution is 2.23. The van der Waals surface area contributed by atoms with Gasteiger partial charge in [-0.3, -0.25) is 0 Å². The van der Waals surface area contributed by atoms with Gasteiger partial charge in [0.05, 0.1) is 6.10 Å². The van der Waals surface area contributed by atoms with Gasteiger partial charge >= 0.3 is 0 Å². The van der Waals surface area contributed by atoms with Crippen molar-refractivity contribution in [2.75, 3.05) is 0 Å². The Labute approximate surface area is 62.8 Å². The molecule has 0 aromatic heterocycles. The number of hydrogen-bond donors (Lipinski definition) is 1. The van der Waals surface area contributed by atoms with Gasteiger partial charge < -0.3 is 5.11 Å². The maximum Gasteiger partial charge on any atom is 0.0721 e. The lowest BCUT2D eigenvalue weighted by Crippen LogP contribution is -2.15. The summed E-state index contributed by atoms with van der Waals surface area (Å²) in [4.78, 5) is 0. The Bertz CT molecular complexity index is 127. The van der Waals surface area contributed by atoms with Gasteiger partial charge in [0, 0.05) is 0 Å². The first-order chi connectivity index (χ1) is 4.70. The van der Waals surface area contributed by atoms with E-state index in [-0.39, 0.29) is 6.10 Å². The summed E-state index contributed by atoms with van der Waals surface area (Å²) < 4.78 is 0. The van der Waals surface area contributed by atoms with Gasteiger partial charge in [0.15, 0.2) is 0 Å². The van der Waals surface area contributed by atoms with Crippen LogP contribution in [0.4, 0.5) is 0 Å². The summed E-state index contributed by atoms with van der Waals surface area (Å²) in [7, 11) is 0. The highest BCUT2D eigenvalue weighted by atomic mass is 16.3. The number of aliphatic hydroxyl groups is 1. The molecule has 1 N–H and O–H groups in total. The monoisotopic (exact) mass is 140 g/mol. The minimum Gasteiger partial charge on any atom is -0.389 e. The summed E-state index contributed by atoms with van der Waals surface area (Å²) in [6, 6.07) is 0. The number of aliphatic hydroxyl groups excluding tert-OH is 1. The van der Waals surface area contributed by atoms with E-state index in [1.807, 2.05) is 6.08 Å². The van der Waals surface area contributed by atoms with Crippen LogP contribution in [0.2, 0.25) is 0 Å². The van der Waals surface area contributed by atoms with Crippen LogP contribution in [-0.4, -0.2) is 11.2 Å². The Morgan fingerprint density at radius 2 is 2.00 bits per heavy atom. The van der Waals surface area contributed by atoms with E-state index in [1.165, 1.54) is 0 Å². The average Bonchev–Trinajstić information content (AvgIpc) is 1.88. The molecule has 10 heavy (non-hydrogen) atoms. The molecule has 1 heteroatoms. The van der Waals surface area contributed by atoms with Gasteiger partial charge in [-0.15, -0.1) is 0 Å². The van der Waals surface area contributed by atoms with E-state index < -0.39 is 0 Å². The second-order valence-electron chi connectivity index (χ2n) is 3.44. The van der Waals surface area contributed by atoms with E-state index in [0.29, 0.717) is 5.92 Å². The fraction of sp³-hybridized carbons (Fsp3) is 0.778. The molecule has 1 aliphatic carbocycles. The highest BCUT2D eigenvalue weighted by molar-refractivity contribution is 4.99. The normalized spacial score (nSPS) is 33.2. The molecule has 0 saturated carbocycles. The molecular formula is C9H16O. The van der Waals surface area contributed by atoms with E-state index in [4.69, 9.17) is 5.11 Å². The van der Waals surface area contributed by atoms with E-state index in [2.05, 4.69) is 19.9 Å². The lowest BCUT2D eigenvalue weighted by molar-refractivity contribution is 0.188. The number of hydrogen-bond acceptors (Lipinski definition) is 1. The summed E-state index contributed by atoms with van der Waals surface area (Å²) in [5, 5.41) is 9.12. The van der Waals surface area contributed by atoms with E-state index >= 15 is 0 Å². The third-order valence-corrected chi connectivity index (χ3v) is 2.23. The van der Waals surface area contributed by atoms with Crippen LogP contribution in [0.5, 0.6) is 0 Å². The predicted octanol–water partition coefficient (Wildman–Crippen LogP) is 1.97. The molecule has 1 aliphatic rings. The van der Waals surface area contributed by atoms with Crippen molar-refractivity contribution in [3.05, 3.63) is 12.2 Å². The number of allylic oxidation sites excluding steroid dienone is 1. The average molecular weight is 140 g/mol. The molecule has 0 aromatic rings. The van der Waals surface area contributed by atoms with Crippen molar-refractivity contribution in [3.8, 4) is 0 Å². The maximum absolute atomic E-state index is 9.12. The molecule has 0 amide bonds. The zero-order valence-electron chi connectivity index (χ0n) is 6.75. The molecule has 0 bridgehead atoms. The van der Waals surface area contributed by atoms with Crippen LogP contribution in [0.1, 0.15) is 26.7 Å². The first-order valence-electron chi connectivity index (χ1n) is 4.06. The first kappa shape index (κ1) is 7.80. The minimum absolute atomic E-state index is 0.171. The van der Waals surface area contributed by atoms with Crippen molar-refractivity contribution in [2.24, 2.45) is 11.8 Å². The maximum atomic E-state index is 9.12. The van der Waals surface area contributed by atoms with Gasteiger partial charge in [0.2, 0.25) is 0 Å². The third kappa shape index (κ3) is 1.84. The Morgan fingerprint density at radius 3 is 2.40 bits per heavy atom. The Morgan fingerprint density at radius 1 is 1.30 bits per heavy atom. The lowest BCUT2D eigenvalue weighted by atomic mass is 9.86. The van der Waals surface area contributed by atoms with E-state index in [0.717, 1.165) is 18.8 Å². The van der Waals surface area contributed by atoms with Crippen molar-refractivity contribution in [1.29, 1.82) is 0 Å². The van der Waals surface area contributed by atoms with Gasteiger partial charge in [0.25, 0.3) is 0 Å². The van der Waals surface area contributed by atoms with Gasteiger partial charge in [-0.25, -0.2) is 0 Å². The molecule has 0 heterocycles. The second-order valence-corrected chi connectivity index (χ2v) is 3.44. The summed E-state index contributed by atoms with van der Waals surface area (Å²) in [5.41, 5.74) is 0. The molecule has 0 saturated heterocycles. The predicted molar refractivity (Wildman–Crippen MR) is 42.7 cm³/mol. The Hall–Kier alpha value is -0.300. The summed E-state index contributed by atoms with van der Waals surface area (Å²) in [5.74, 6) is 1.42. The fourth-order valence-corrected chi connectivity index (χ4v) is 1.38. The fourth-order valence-electron chi connectivity index (χ4n) is 1.38. The molecule has 1 nitrogen and oxygen atoms in total. The molecule has 0 aliphatic heterocycles. The minimum atomic E-state index is -0.171. The first-order valence-corrected chi connectivity index (χ1v) is 4.06. The third-order valence-electron chi connectivity index (χ3n) is 2.23. The van der Waals surface area contributed by atoms with Crippen LogP contribution >= 0.6 is 0 Å². The van der Waals surface area contributed by atoms with Crippen molar-refractivity contribution in [3.63, 3.8) is 0 Å². The van der Waals surface area contributed by atoms with Gasteiger partial charge in [-0.1, -0.05) is 26.0 Å². The topological polar surface area (TPSA) is 20.2 Å². The smallest absolute Gasteiger partial charge is 0.0721 e. The van der Waals surface area contributed by atoms with Crippen molar-refractivity contribution >= 4 is 0 Å². The molecule has 0 aromatic carbocycles. The quantitative estimate of drug-likeness (QED) is 0.552. The molecule has 0 fully saturated rings. The SMILES string of the molecule is CC(C)C1C=CC(O)CC1. The molecule has 2 unspecified atom stereocenters. The zero-order valence-corrected chi connectivity index (χ0v) is 6.75. The van der Waals surface area contributed by atoms with Crippen molar-refractivity contribution in [1.82, 2.24) is 0 Å². The van der Waals surface area contributed by atoms with Crippen LogP contribution in [0.15, 0.2) is 12.2 Å². The summed E-state index contributed by atoms with van der Waals surface area (Å²) >= 11 is 0. The van der Waals surface area contributed by atoms with Crippen LogP contribution in [0.3, 0.4) is 0 Å². The lowest BCUT2D eigenvalue weighted by Gasteiger charge is -2.22. The van der Waals surface area contributed by atoms with Gasteiger partial charge in [-0.2, -0.15) is 0 Å². The molecule has 1 rings (SSSR count). The summed E-state index contributed by atoms with van der Waals surface area (Å²) in [6.07, 6.45) is 6.00. The molecule has 2 atom stereocenters. The second kappa shape index (κ2) is 3.20. The summed E-state index contributed by atoms with van der Waals surface area (Å²) in [6.45, 7) is 4.46. The van der Waals surface area contributed by atoms with E-state index in [1.54, 1.807) is 0 Å². The van der Waals surface area contributed by atoms with Gasteiger partial charge in [0.1, 0.15) is 0 Å². The van der Waals surface area contributed by atoms with Crippen molar-refractivity contribution < 1.29 is 5.11 Å². The molecule has 58 valence electrons. The van der Waals surface area contributed by atoms with Crippen LogP contribution in [0.25, 0.3) is 0 Å². The number of rotatable bonds is 1. The van der Waals surface area contributed by atoms with Crippen LogP contribution in [-0.2, 0) is 0 Å². The zero-order chi connectivity index (χ0) is 7.56. The molecule has 0 spiro atoms. The van der Waals surface area contributed by atoms with Crippen molar-refractivity contribution in [2.45, 2.75) is 32.8 Å². The Kier molecular flexibility index (Phi) is 2.50. The molecular weight excluding hydrogens is 124 g/mol. The van der Waals surface area contributed by atoms with Crippen LogP contribution < -0.4 is 0 Å². The highest BCUT2D eigenvalue weighted by Gasteiger charge is 2.15. The Balaban J connectivity index is 2.45. The standard InChI is InChI=1S/C9H16O/c1-7(2)8-3-5-9(10)6-4-8/h3,5,7-10H,4,6H2,1-2H3. The van der Waals surface area contributed by atoms with E-state index in [9.17, 15) is 0 Å². The van der Waals surface area contributed by atoms with Gasteiger partial charge in [-0.05, 0) is 24.7 Å². The largest absolute Gasteiger partial charge is 0.389 e. The van der Waals surface area contributed by atoms with Crippen LogP contribution in [0, 0.1) is 11.8 Å².